The number of fused-ring (bicyclic) bond motifs is 1. The lowest BCUT2D eigenvalue weighted by molar-refractivity contribution is 0.636. The number of rotatable bonds is 2. The third-order valence-corrected chi connectivity index (χ3v) is 5.19. The normalized spacial score (nSPS) is 10.2. The van der Waals surface area contributed by atoms with Gasteiger partial charge in [-0.3, -0.25) is 0 Å². The van der Waals surface area contributed by atoms with Crippen LogP contribution < -0.4 is 0 Å². The van der Waals surface area contributed by atoms with Crippen molar-refractivity contribution < 1.29 is 4.39 Å². The second-order valence-electron chi connectivity index (χ2n) is 7.68. The zero-order valence-electron chi connectivity index (χ0n) is 17.8. The topological polar surface area (TPSA) is 0 Å². The van der Waals surface area contributed by atoms with Crippen molar-refractivity contribution in [2.24, 2.45) is 0 Å². The average Bonchev–Trinajstić information content (AvgIpc) is 2.79. The van der Waals surface area contributed by atoms with Gasteiger partial charge in [0.25, 0.3) is 0 Å². The van der Waals surface area contributed by atoms with Crippen molar-refractivity contribution in [3.05, 3.63) is 118 Å². The van der Waals surface area contributed by atoms with Crippen LogP contribution in [0.25, 0.3) is 10.8 Å². The highest BCUT2D eigenvalue weighted by Gasteiger charge is 2.06. The summed E-state index contributed by atoms with van der Waals surface area (Å²) < 4.78 is 15.0. The molecule has 0 aromatic heterocycles. The molecule has 0 aliphatic carbocycles. The molecule has 0 fully saturated rings. The van der Waals surface area contributed by atoms with Crippen LogP contribution in [0.15, 0.2) is 78.9 Å². The minimum atomic E-state index is -0.286. The first kappa shape index (κ1) is 20.5. The lowest BCUT2D eigenvalue weighted by atomic mass is 10.0. The van der Waals surface area contributed by atoms with Crippen LogP contribution >= 0.6 is 0 Å². The van der Waals surface area contributed by atoms with Gasteiger partial charge >= 0.3 is 0 Å². The summed E-state index contributed by atoms with van der Waals surface area (Å²) in [6, 6.07) is 25.5. The molecular weight excluding hydrogens is 379 g/mol. The van der Waals surface area contributed by atoms with Gasteiger partial charge in [-0.25, -0.2) is 4.39 Å². The lowest BCUT2D eigenvalue weighted by Gasteiger charge is -2.03. The summed E-state index contributed by atoms with van der Waals surface area (Å²) >= 11 is 0. The van der Waals surface area contributed by atoms with Crippen molar-refractivity contribution in [3.63, 3.8) is 0 Å². The van der Waals surface area contributed by atoms with E-state index in [1.54, 1.807) is 12.1 Å². The minimum absolute atomic E-state index is 0.286. The Kier molecular flexibility index (Phi) is 6.16. The molecule has 4 aromatic carbocycles. The van der Waals surface area contributed by atoms with E-state index in [0.717, 1.165) is 34.9 Å². The molecule has 0 aliphatic heterocycles. The summed E-state index contributed by atoms with van der Waals surface area (Å²) in [5, 5.41) is 1.38. The quantitative estimate of drug-likeness (QED) is 0.316. The van der Waals surface area contributed by atoms with E-state index in [9.17, 15) is 0 Å². The molecule has 0 aliphatic rings. The zero-order valence-corrected chi connectivity index (χ0v) is 17.8. The fourth-order valence-corrected chi connectivity index (χ4v) is 3.43. The van der Waals surface area contributed by atoms with Crippen molar-refractivity contribution >= 4 is 10.8 Å². The van der Waals surface area contributed by atoms with Crippen molar-refractivity contribution in [2.45, 2.75) is 26.7 Å². The number of benzene rings is 4. The van der Waals surface area contributed by atoms with Crippen LogP contribution in [0, 0.1) is 36.4 Å². The van der Waals surface area contributed by atoms with Crippen LogP contribution in [0.1, 0.15) is 46.7 Å². The van der Waals surface area contributed by atoms with Gasteiger partial charge in [0.2, 0.25) is 0 Å². The van der Waals surface area contributed by atoms with Crippen molar-refractivity contribution in [1.29, 1.82) is 0 Å². The predicted octanol–water partition coefficient (Wildman–Crippen LogP) is 7.04. The monoisotopic (exact) mass is 402 g/mol. The molecule has 0 unspecified atom stereocenters. The third-order valence-electron chi connectivity index (χ3n) is 5.19. The Labute approximate surface area is 183 Å². The van der Waals surface area contributed by atoms with E-state index >= 15 is 4.39 Å². The Balaban J connectivity index is 1.59. The second kappa shape index (κ2) is 9.34. The van der Waals surface area contributed by atoms with Crippen LogP contribution in [0.3, 0.4) is 0 Å². The summed E-state index contributed by atoms with van der Waals surface area (Å²) in [7, 11) is 0. The van der Waals surface area contributed by atoms with E-state index in [1.807, 2.05) is 54.6 Å². The Hall–Kier alpha value is -3.81. The molecule has 0 saturated heterocycles. The molecule has 0 radical (unpaired) electrons. The van der Waals surface area contributed by atoms with Crippen LogP contribution in [0.4, 0.5) is 4.39 Å². The molecule has 4 rings (SSSR count). The summed E-state index contributed by atoms with van der Waals surface area (Å²) in [6.45, 7) is 4.21. The van der Waals surface area contributed by atoms with Crippen LogP contribution in [0.2, 0.25) is 0 Å². The lowest BCUT2D eigenvalue weighted by Crippen LogP contribution is -1.88. The molecule has 1 heteroatoms. The van der Waals surface area contributed by atoms with Crippen molar-refractivity contribution in [1.82, 2.24) is 0 Å². The first-order valence-electron chi connectivity index (χ1n) is 10.5. The molecule has 4 aromatic rings. The molecule has 31 heavy (non-hydrogen) atoms. The van der Waals surface area contributed by atoms with Gasteiger partial charge in [0.1, 0.15) is 5.82 Å². The molecule has 0 saturated carbocycles. The third kappa shape index (κ3) is 5.03. The Morgan fingerprint density at radius 3 is 2.00 bits per heavy atom. The highest BCUT2D eigenvalue weighted by atomic mass is 19.1. The standard InChI is InChI=1S/C30H23F/c1-3-4-23-9-11-25(12-10-23)15-17-27-18-19-28-21-26(16-20-29(28)30(27)31)14-13-24-7-5-22(2)6-8-24/h5-12,16,18-21H,3-4H2,1-2H3. The highest BCUT2D eigenvalue weighted by molar-refractivity contribution is 5.86. The molecule has 0 heterocycles. The van der Waals surface area contributed by atoms with E-state index in [0.29, 0.717) is 10.9 Å². The summed E-state index contributed by atoms with van der Waals surface area (Å²) in [5.41, 5.74) is 5.62. The molecule has 0 bridgehead atoms. The maximum atomic E-state index is 15.0. The van der Waals surface area contributed by atoms with Gasteiger partial charge in [-0.15, -0.1) is 0 Å². The van der Waals surface area contributed by atoms with Gasteiger partial charge in [0.05, 0.1) is 5.56 Å². The molecule has 0 atom stereocenters. The van der Waals surface area contributed by atoms with E-state index < -0.39 is 0 Å². The maximum absolute atomic E-state index is 15.0. The van der Waals surface area contributed by atoms with E-state index in [1.165, 1.54) is 11.1 Å². The van der Waals surface area contributed by atoms with Gasteiger partial charge in [-0.1, -0.05) is 79.0 Å². The SMILES string of the molecule is CCCc1ccc(C#Cc2ccc3cc(C#Cc4ccc(C)cc4)ccc3c2F)cc1. The predicted molar refractivity (Wildman–Crippen MR) is 127 cm³/mol. The van der Waals surface area contributed by atoms with Crippen molar-refractivity contribution in [3.8, 4) is 23.7 Å². The van der Waals surface area contributed by atoms with Gasteiger partial charge in [0, 0.05) is 22.1 Å². The van der Waals surface area contributed by atoms with Crippen LogP contribution in [-0.4, -0.2) is 0 Å². The van der Waals surface area contributed by atoms with E-state index in [-0.39, 0.29) is 5.82 Å². The number of aryl methyl sites for hydroxylation is 2. The fraction of sp³-hybridized carbons (Fsp3) is 0.133. The molecule has 0 nitrogen and oxygen atoms in total. The molecular formula is C30H23F. The Morgan fingerprint density at radius 1 is 0.677 bits per heavy atom. The van der Waals surface area contributed by atoms with E-state index in [4.69, 9.17) is 0 Å². The number of hydrogen-bond acceptors (Lipinski definition) is 0. The van der Waals surface area contributed by atoms with Gasteiger partial charge in [-0.2, -0.15) is 0 Å². The van der Waals surface area contributed by atoms with Crippen LogP contribution in [0.5, 0.6) is 0 Å². The Morgan fingerprint density at radius 2 is 1.29 bits per heavy atom. The number of halogens is 1. The van der Waals surface area contributed by atoms with Gasteiger partial charge in [0.15, 0.2) is 0 Å². The first-order valence-corrected chi connectivity index (χ1v) is 10.5. The minimum Gasteiger partial charge on any atom is -0.205 e. The van der Waals surface area contributed by atoms with Gasteiger partial charge in [-0.05, 0) is 66.8 Å². The average molecular weight is 403 g/mol. The summed E-state index contributed by atoms with van der Waals surface area (Å²) in [6.07, 6.45) is 2.18. The molecule has 0 amide bonds. The smallest absolute Gasteiger partial charge is 0.146 e. The highest BCUT2D eigenvalue weighted by Crippen LogP contribution is 2.22. The van der Waals surface area contributed by atoms with Gasteiger partial charge < -0.3 is 0 Å². The fourth-order valence-electron chi connectivity index (χ4n) is 3.43. The second-order valence-corrected chi connectivity index (χ2v) is 7.68. The number of hydrogen-bond donors (Lipinski definition) is 0. The summed E-state index contributed by atoms with van der Waals surface area (Å²) in [4.78, 5) is 0. The maximum Gasteiger partial charge on any atom is 0.146 e. The zero-order chi connectivity index (χ0) is 21.6. The first-order chi connectivity index (χ1) is 15.1. The van der Waals surface area contributed by atoms with E-state index in [2.05, 4.69) is 49.7 Å². The Bertz CT molecular complexity index is 1340. The van der Waals surface area contributed by atoms with Crippen molar-refractivity contribution in [2.75, 3.05) is 0 Å². The molecule has 150 valence electrons. The summed E-state index contributed by atoms with van der Waals surface area (Å²) in [5.74, 6) is 12.1. The molecule has 0 spiro atoms. The van der Waals surface area contributed by atoms with Crippen LogP contribution in [-0.2, 0) is 6.42 Å². The largest absolute Gasteiger partial charge is 0.205 e. The molecule has 0 N–H and O–H groups in total.